The van der Waals surface area contributed by atoms with Crippen molar-refractivity contribution in [3.8, 4) is 28.3 Å². The van der Waals surface area contributed by atoms with Crippen LogP contribution < -0.4 is 11.1 Å². The first-order valence-corrected chi connectivity index (χ1v) is 13.0. The first-order chi connectivity index (χ1) is 19.5. The lowest BCUT2D eigenvalue weighted by Gasteiger charge is -2.13. The molecular weight excluding hydrogens is 506 g/mol. The number of anilines is 2. The number of nitrogens with one attached hydrogen (secondary N) is 1. The number of aromatic nitrogens is 5. The van der Waals surface area contributed by atoms with E-state index in [0.29, 0.717) is 59.1 Å². The number of benzene rings is 1. The molecular formula is C30H27N7O3. The molecule has 3 N–H and O–H groups in total. The van der Waals surface area contributed by atoms with E-state index in [9.17, 15) is 9.59 Å². The van der Waals surface area contributed by atoms with Crippen LogP contribution in [0.15, 0.2) is 79.1 Å². The number of nitrogens with two attached hydrogens (primary N) is 1. The van der Waals surface area contributed by atoms with E-state index in [0.717, 1.165) is 11.3 Å². The van der Waals surface area contributed by atoms with Crippen LogP contribution in [0.1, 0.15) is 19.3 Å². The van der Waals surface area contributed by atoms with Gasteiger partial charge in [0.05, 0.1) is 36.2 Å². The molecule has 10 nitrogen and oxygen atoms in total. The van der Waals surface area contributed by atoms with E-state index in [2.05, 4.69) is 15.3 Å². The van der Waals surface area contributed by atoms with Crippen LogP contribution in [0, 0.1) is 11.8 Å². The van der Waals surface area contributed by atoms with E-state index >= 15 is 0 Å². The van der Waals surface area contributed by atoms with Crippen molar-refractivity contribution in [2.45, 2.75) is 19.3 Å². The van der Waals surface area contributed by atoms with Crippen LogP contribution in [-0.4, -0.2) is 43.5 Å². The number of carbonyl (C=O) groups excluding carboxylic acids is 2. The fourth-order valence-corrected chi connectivity index (χ4v) is 5.18. The van der Waals surface area contributed by atoms with Gasteiger partial charge in [0.15, 0.2) is 11.5 Å². The smallest absolute Gasteiger partial charge is 0.308 e. The molecule has 40 heavy (non-hydrogen) atoms. The molecule has 1 aliphatic rings. The Morgan fingerprint density at radius 2 is 1.77 bits per heavy atom. The fraction of sp³-hybridized carbons (Fsp3) is 0.200. The van der Waals surface area contributed by atoms with Crippen molar-refractivity contribution >= 4 is 34.7 Å². The van der Waals surface area contributed by atoms with Crippen LogP contribution in [0.25, 0.3) is 39.5 Å². The van der Waals surface area contributed by atoms with Gasteiger partial charge in [0.2, 0.25) is 5.91 Å². The number of methoxy groups -OCH3 is 1. The number of carbonyl (C=O) groups is 2. The van der Waals surface area contributed by atoms with Crippen molar-refractivity contribution < 1.29 is 14.3 Å². The highest BCUT2D eigenvalue weighted by atomic mass is 16.5. The number of hydrogen-bond donors (Lipinski definition) is 2. The molecule has 6 rings (SSSR count). The number of rotatable bonds is 6. The molecule has 0 bridgehead atoms. The van der Waals surface area contributed by atoms with Gasteiger partial charge in [0.25, 0.3) is 0 Å². The molecule has 1 saturated carbocycles. The maximum atomic E-state index is 12.9. The molecule has 2 unspecified atom stereocenters. The third kappa shape index (κ3) is 4.75. The number of pyridine rings is 3. The molecule has 0 aliphatic heterocycles. The van der Waals surface area contributed by atoms with E-state index in [1.165, 1.54) is 7.11 Å². The monoisotopic (exact) mass is 533 g/mol. The average Bonchev–Trinajstić information content (AvgIpc) is 3.63. The van der Waals surface area contributed by atoms with Gasteiger partial charge in [-0.05, 0) is 55.7 Å². The molecule has 5 aromatic rings. The lowest BCUT2D eigenvalue weighted by atomic mass is 10.0. The molecule has 4 aromatic heterocycles. The summed E-state index contributed by atoms with van der Waals surface area (Å²) in [6, 6.07) is 21.1. The van der Waals surface area contributed by atoms with Crippen molar-refractivity contribution in [1.29, 1.82) is 0 Å². The second-order valence-corrected chi connectivity index (χ2v) is 9.73. The Hall–Kier alpha value is -5.12. The summed E-state index contributed by atoms with van der Waals surface area (Å²) in [5.41, 5.74) is 10.7. The molecule has 0 radical (unpaired) electrons. The minimum atomic E-state index is -0.264. The van der Waals surface area contributed by atoms with Crippen molar-refractivity contribution in [2.75, 3.05) is 18.2 Å². The number of nitrogens with zero attached hydrogens (tertiary/aromatic N) is 5. The summed E-state index contributed by atoms with van der Waals surface area (Å²) in [6.45, 7) is 0. The second kappa shape index (κ2) is 10.6. The number of esters is 1. The Labute approximate surface area is 230 Å². The van der Waals surface area contributed by atoms with Crippen molar-refractivity contribution in [3.63, 3.8) is 0 Å². The van der Waals surface area contributed by atoms with Gasteiger partial charge in [-0.1, -0.05) is 30.3 Å². The number of fused-ring (bicyclic) bond motifs is 1. The lowest BCUT2D eigenvalue weighted by molar-refractivity contribution is -0.145. The maximum absolute atomic E-state index is 12.9. The van der Waals surface area contributed by atoms with E-state index in [-0.39, 0.29) is 23.7 Å². The molecule has 10 heteroatoms. The molecule has 0 saturated heterocycles. The topological polar surface area (TPSA) is 138 Å². The normalized spacial score (nSPS) is 16.6. The molecule has 200 valence electrons. The quantitative estimate of drug-likeness (QED) is 0.301. The van der Waals surface area contributed by atoms with Crippen LogP contribution >= 0.6 is 0 Å². The van der Waals surface area contributed by atoms with E-state index in [4.69, 9.17) is 20.4 Å². The van der Waals surface area contributed by atoms with E-state index in [1.807, 2.05) is 65.2 Å². The predicted molar refractivity (Wildman–Crippen MR) is 151 cm³/mol. The van der Waals surface area contributed by atoms with Crippen molar-refractivity contribution in [1.82, 2.24) is 24.5 Å². The van der Waals surface area contributed by atoms with Crippen LogP contribution in [-0.2, 0) is 14.3 Å². The summed E-state index contributed by atoms with van der Waals surface area (Å²) in [5.74, 6) is 0.427. The maximum Gasteiger partial charge on any atom is 0.308 e. The van der Waals surface area contributed by atoms with Crippen molar-refractivity contribution in [3.05, 3.63) is 79.1 Å². The van der Waals surface area contributed by atoms with Crippen LogP contribution in [0.5, 0.6) is 0 Å². The van der Waals surface area contributed by atoms with Crippen LogP contribution in [0.3, 0.4) is 0 Å². The third-order valence-electron chi connectivity index (χ3n) is 7.25. The average molecular weight is 534 g/mol. The highest BCUT2D eigenvalue weighted by Gasteiger charge is 2.34. The van der Waals surface area contributed by atoms with Gasteiger partial charge in [0.1, 0.15) is 17.2 Å². The van der Waals surface area contributed by atoms with Gasteiger partial charge in [-0.2, -0.15) is 0 Å². The number of nitrogen functional groups attached to an aromatic ring is 1. The minimum Gasteiger partial charge on any atom is -0.469 e. The minimum absolute atomic E-state index is 0.155. The number of hydrogen-bond acceptors (Lipinski definition) is 8. The third-order valence-corrected chi connectivity index (χ3v) is 7.25. The Balaban J connectivity index is 1.35. The standard InChI is InChI=1S/C30H27N7O3/c1-40-30(39)20-10-9-19(16-20)29(38)36-25-14-11-21(17-33-25)37-27(22-8-5-15-32-26(22)31)35-24-13-12-23(34-28(24)37)18-6-3-2-4-7-18/h2-8,11-15,17,19-20H,9-10,16H2,1H3,(H2,31,32)(H,33,36,38). The molecule has 2 atom stereocenters. The largest absolute Gasteiger partial charge is 0.469 e. The van der Waals surface area contributed by atoms with Gasteiger partial charge < -0.3 is 15.8 Å². The van der Waals surface area contributed by atoms with Crippen LogP contribution in [0.2, 0.25) is 0 Å². The Morgan fingerprint density at radius 3 is 2.52 bits per heavy atom. The van der Waals surface area contributed by atoms with Crippen molar-refractivity contribution in [2.24, 2.45) is 11.8 Å². The van der Waals surface area contributed by atoms with Gasteiger partial charge in [-0.25, -0.2) is 19.9 Å². The molecule has 1 amide bonds. The zero-order valence-corrected chi connectivity index (χ0v) is 21.8. The lowest BCUT2D eigenvalue weighted by Crippen LogP contribution is -2.22. The van der Waals surface area contributed by atoms with E-state index < -0.39 is 0 Å². The summed E-state index contributed by atoms with van der Waals surface area (Å²) in [4.78, 5) is 43.3. The Bertz CT molecular complexity index is 1700. The highest BCUT2D eigenvalue weighted by Crippen LogP contribution is 2.33. The summed E-state index contributed by atoms with van der Waals surface area (Å²) in [5, 5.41) is 2.88. The fourth-order valence-electron chi connectivity index (χ4n) is 5.18. The summed E-state index contributed by atoms with van der Waals surface area (Å²) in [7, 11) is 1.37. The number of ether oxygens (including phenoxy) is 1. The second-order valence-electron chi connectivity index (χ2n) is 9.73. The van der Waals surface area contributed by atoms with Gasteiger partial charge in [0, 0.05) is 17.7 Å². The molecule has 1 aromatic carbocycles. The van der Waals surface area contributed by atoms with Gasteiger partial charge in [-0.15, -0.1) is 0 Å². The summed E-state index contributed by atoms with van der Waals surface area (Å²) >= 11 is 0. The highest BCUT2D eigenvalue weighted by molar-refractivity contribution is 5.92. The number of imidazole rings is 1. The zero-order valence-electron chi connectivity index (χ0n) is 21.8. The predicted octanol–water partition coefficient (Wildman–Crippen LogP) is 4.65. The number of amides is 1. The summed E-state index contributed by atoms with van der Waals surface area (Å²) in [6.07, 6.45) is 5.05. The Morgan fingerprint density at radius 1 is 0.950 bits per heavy atom. The molecule has 4 heterocycles. The molecule has 1 fully saturated rings. The van der Waals surface area contributed by atoms with Gasteiger partial charge in [-0.3, -0.25) is 14.2 Å². The van der Waals surface area contributed by atoms with Gasteiger partial charge >= 0.3 is 5.97 Å². The first kappa shape index (κ1) is 25.2. The first-order valence-electron chi connectivity index (χ1n) is 13.0. The molecule has 0 spiro atoms. The Kier molecular flexibility index (Phi) is 6.65. The summed E-state index contributed by atoms with van der Waals surface area (Å²) < 4.78 is 6.73. The SMILES string of the molecule is COC(=O)C1CCC(C(=O)Nc2ccc(-n3c(-c4cccnc4N)nc4ccc(-c5ccccc5)nc43)cn2)C1. The molecule has 1 aliphatic carbocycles. The zero-order chi connectivity index (χ0) is 27.6. The van der Waals surface area contributed by atoms with E-state index in [1.54, 1.807) is 18.5 Å². The van der Waals surface area contributed by atoms with Crippen LogP contribution in [0.4, 0.5) is 11.6 Å².